The summed E-state index contributed by atoms with van der Waals surface area (Å²) in [6.07, 6.45) is 1.42. The van der Waals surface area contributed by atoms with E-state index in [1.54, 1.807) is 4.68 Å². The monoisotopic (exact) mass is 563 g/mol. The van der Waals surface area contributed by atoms with Gasteiger partial charge in [-0.1, -0.05) is 41.9 Å². The van der Waals surface area contributed by atoms with Gasteiger partial charge in [-0.25, -0.2) is 9.67 Å². The van der Waals surface area contributed by atoms with Gasteiger partial charge in [-0.05, 0) is 49.6 Å². The highest BCUT2D eigenvalue weighted by molar-refractivity contribution is 14.0. The Morgan fingerprint density at radius 3 is 2.53 bits per heavy atom. The van der Waals surface area contributed by atoms with Gasteiger partial charge in [0.05, 0.1) is 17.9 Å². The number of nitrogens with two attached hydrogens (primary N) is 1. The molecule has 0 atom stereocenters. The molecule has 2 aromatic carbocycles. The molecule has 3 rings (SSSR count). The van der Waals surface area contributed by atoms with E-state index in [0.717, 1.165) is 30.2 Å². The number of nitrogens with zero attached hydrogens (tertiary/aromatic N) is 4. The number of nitrogen functional groups attached to an aromatic ring is 1. The number of nitriles is 1. The maximum atomic E-state index is 9.53. The zero-order valence-corrected chi connectivity index (χ0v) is 21.0. The first-order valence-corrected chi connectivity index (χ1v) is 10.6. The molecule has 1 heterocycles. The van der Waals surface area contributed by atoms with Crippen LogP contribution in [0.3, 0.4) is 0 Å². The van der Waals surface area contributed by atoms with Crippen LogP contribution in [0.4, 0.5) is 5.82 Å². The van der Waals surface area contributed by atoms with E-state index in [1.807, 2.05) is 61.5 Å². The summed E-state index contributed by atoms with van der Waals surface area (Å²) in [6.45, 7) is 4.04. The van der Waals surface area contributed by atoms with Crippen LogP contribution in [0, 0.1) is 11.3 Å². The molecule has 3 aromatic rings. The number of benzene rings is 2. The zero-order valence-electron chi connectivity index (χ0n) is 17.9. The third-order valence-corrected chi connectivity index (χ3v) is 4.92. The van der Waals surface area contributed by atoms with Crippen molar-refractivity contribution in [1.29, 1.82) is 5.26 Å². The molecule has 0 saturated carbocycles. The van der Waals surface area contributed by atoms with E-state index in [-0.39, 0.29) is 24.0 Å². The van der Waals surface area contributed by atoms with E-state index in [9.17, 15) is 5.26 Å². The number of aryl methyl sites for hydroxylation is 1. The lowest BCUT2D eigenvalue weighted by Gasteiger charge is -2.11. The molecule has 9 heteroatoms. The van der Waals surface area contributed by atoms with Gasteiger partial charge in [-0.3, -0.25) is 0 Å². The number of nitrogens with one attached hydrogen (secondary N) is 2. The molecule has 32 heavy (non-hydrogen) atoms. The summed E-state index contributed by atoms with van der Waals surface area (Å²) >= 11 is 5.93. The van der Waals surface area contributed by atoms with Crippen molar-refractivity contribution in [2.24, 2.45) is 4.99 Å². The van der Waals surface area contributed by atoms with E-state index in [1.165, 1.54) is 0 Å². The van der Waals surface area contributed by atoms with Crippen molar-refractivity contribution in [3.63, 3.8) is 0 Å². The first-order valence-electron chi connectivity index (χ1n) is 10.2. The van der Waals surface area contributed by atoms with Crippen molar-refractivity contribution < 1.29 is 0 Å². The van der Waals surface area contributed by atoms with Crippen molar-refractivity contribution in [3.05, 3.63) is 76.4 Å². The summed E-state index contributed by atoms with van der Waals surface area (Å²) in [5, 5.41) is 21.4. The molecule has 168 valence electrons. The molecule has 0 spiro atoms. The van der Waals surface area contributed by atoms with Gasteiger partial charge in [0.1, 0.15) is 17.5 Å². The number of rotatable bonds is 8. The fourth-order valence-electron chi connectivity index (χ4n) is 3.11. The Balaban J connectivity index is 0.00000363. The second-order valence-corrected chi connectivity index (χ2v) is 7.35. The number of aliphatic imine (C=N–C) groups is 1. The lowest BCUT2D eigenvalue weighted by atomic mass is 10.1. The number of para-hydroxylation sites is 1. The van der Waals surface area contributed by atoms with E-state index in [0.29, 0.717) is 41.6 Å². The highest BCUT2D eigenvalue weighted by Crippen LogP contribution is 2.21. The van der Waals surface area contributed by atoms with Crippen LogP contribution in [0.1, 0.15) is 30.2 Å². The van der Waals surface area contributed by atoms with Gasteiger partial charge >= 0.3 is 0 Å². The maximum absolute atomic E-state index is 9.53. The molecule has 0 aliphatic heterocycles. The first-order chi connectivity index (χ1) is 15.1. The van der Waals surface area contributed by atoms with Crippen LogP contribution in [0.25, 0.3) is 5.69 Å². The Labute approximate surface area is 210 Å². The maximum Gasteiger partial charge on any atom is 0.191 e. The standard InChI is InChI=1S/C23H26ClN7.HI/c1-2-27-23(29-16-17-10-12-18(24)13-11-17)28-14-6-9-21-20(15-25)22(26)31(30-21)19-7-4-3-5-8-19;/h3-5,7-8,10-13H,2,6,9,14,16,26H2,1H3,(H2,27,28,29);1H. The van der Waals surface area contributed by atoms with Crippen molar-refractivity contribution in [1.82, 2.24) is 20.4 Å². The largest absolute Gasteiger partial charge is 0.382 e. The smallest absolute Gasteiger partial charge is 0.191 e. The van der Waals surface area contributed by atoms with Crippen molar-refractivity contribution >= 4 is 47.4 Å². The second-order valence-electron chi connectivity index (χ2n) is 6.92. The van der Waals surface area contributed by atoms with E-state index < -0.39 is 0 Å². The summed E-state index contributed by atoms with van der Waals surface area (Å²) < 4.78 is 1.62. The van der Waals surface area contributed by atoms with E-state index >= 15 is 0 Å². The number of halogens is 2. The van der Waals surface area contributed by atoms with Crippen molar-refractivity contribution in [2.45, 2.75) is 26.3 Å². The molecule has 0 amide bonds. The van der Waals surface area contributed by atoms with E-state index in [2.05, 4.69) is 26.8 Å². The topological polar surface area (TPSA) is 104 Å². The highest BCUT2D eigenvalue weighted by Gasteiger charge is 2.16. The number of hydrogen-bond acceptors (Lipinski definition) is 4. The zero-order chi connectivity index (χ0) is 22.1. The first kappa shape index (κ1) is 25.5. The Hall–Kier alpha value is -2.77. The van der Waals surface area contributed by atoms with Gasteiger partial charge in [0, 0.05) is 18.1 Å². The van der Waals surface area contributed by atoms with Crippen LogP contribution in [-0.4, -0.2) is 28.8 Å². The molecular formula is C23H27ClIN7. The minimum absolute atomic E-state index is 0. The minimum atomic E-state index is 0. The molecule has 4 N–H and O–H groups in total. The molecule has 0 aliphatic rings. The lowest BCUT2D eigenvalue weighted by molar-refractivity contribution is 0.723. The average molecular weight is 564 g/mol. The van der Waals surface area contributed by atoms with Gasteiger partial charge in [0.2, 0.25) is 0 Å². The molecule has 1 aromatic heterocycles. The Kier molecular flexibility index (Phi) is 10.3. The number of guanidine groups is 1. The van der Waals surface area contributed by atoms with Crippen LogP contribution in [-0.2, 0) is 13.0 Å². The number of aromatic nitrogens is 2. The SMILES string of the molecule is CCNC(=NCc1ccc(Cl)cc1)NCCCc1nn(-c2ccccc2)c(N)c1C#N.I. The molecule has 0 radical (unpaired) electrons. The molecule has 0 fully saturated rings. The van der Waals surface area contributed by atoms with Crippen LogP contribution in [0.15, 0.2) is 59.6 Å². The molecule has 0 saturated heterocycles. The third-order valence-electron chi connectivity index (χ3n) is 4.67. The summed E-state index contributed by atoms with van der Waals surface area (Å²) in [5.74, 6) is 1.11. The summed E-state index contributed by atoms with van der Waals surface area (Å²) in [6, 6.07) is 19.4. The van der Waals surface area contributed by atoms with Crippen LogP contribution in [0.2, 0.25) is 5.02 Å². The lowest BCUT2D eigenvalue weighted by Crippen LogP contribution is -2.37. The third kappa shape index (κ3) is 6.87. The fourth-order valence-corrected chi connectivity index (χ4v) is 3.23. The molecular weight excluding hydrogens is 537 g/mol. The van der Waals surface area contributed by atoms with Gasteiger partial charge in [0.25, 0.3) is 0 Å². The van der Waals surface area contributed by atoms with Crippen LogP contribution < -0.4 is 16.4 Å². The Bertz CT molecular complexity index is 1060. The normalized spacial score (nSPS) is 10.8. The molecule has 7 nitrogen and oxygen atoms in total. The van der Waals surface area contributed by atoms with Crippen LogP contribution >= 0.6 is 35.6 Å². The predicted octanol–water partition coefficient (Wildman–Crippen LogP) is 4.29. The van der Waals surface area contributed by atoms with Gasteiger partial charge < -0.3 is 16.4 Å². The highest BCUT2D eigenvalue weighted by atomic mass is 127. The average Bonchev–Trinajstić information content (AvgIpc) is 3.11. The molecule has 0 unspecified atom stereocenters. The number of anilines is 1. The number of hydrogen-bond donors (Lipinski definition) is 3. The van der Waals surface area contributed by atoms with Gasteiger partial charge in [-0.2, -0.15) is 10.4 Å². The van der Waals surface area contributed by atoms with Crippen molar-refractivity contribution in [3.8, 4) is 11.8 Å². The van der Waals surface area contributed by atoms with Crippen LogP contribution in [0.5, 0.6) is 0 Å². The molecule has 0 aliphatic carbocycles. The second kappa shape index (κ2) is 12.9. The molecule has 0 bridgehead atoms. The van der Waals surface area contributed by atoms with Crippen molar-refractivity contribution in [2.75, 3.05) is 18.8 Å². The summed E-state index contributed by atoms with van der Waals surface area (Å²) in [5.41, 5.74) is 9.23. The van der Waals surface area contributed by atoms with E-state index in [4.69, 9.17) is 17.3 Å². The Morgan fingerprint density at radius 2 is 1.88 bits per heavy atom. The minimum Gasteiger partial charge on any atom is -0.382 e. The van der Waals surface area contributed by atoms with Gasteiger partial charge in [-0.15, -0.1) is 24.0 Å². The summed E-state index contributed by atoms with van der Waals surface area (Å²) in [4.78, 5) is 4.61. The Morgan fingerprint density at radius 1 is 1.16 bits per heavy atom. The summed E-state index contributed by atoms with van der Waals surface area (Å²) in [7, 11) is 0. The fraction of sp³-hybridized carbons (Fsp3) is 0.261. The van der Waals surface area contributed by atoms with Gasteiger partial charge in [0.15, 0.2) is 5.96 Å². The quantitative estimate of drug-likeness (QED) is 0.164. The predicted molar refractivity (Wildman–Crippen MR) is 141 cm³/mol.